The fraction of sp³-hybridized carbons (Fsp3) is 0.273. The molecule has 0 aliphatic carbocycles. The Morgan fingerprint density at radius 3 is 2.47 bits per heavy atom. The Balaban J connectivity index is 2.24. The molecule has 5 N–H and O–H groups in total. The molecular formula is C11H15N3O3. The van der Waals surface area contributed by atoms with Gasteiger partial charge in [-0.2, -0.15) is 0 Å². The summed E-state index contributed by atoms with van der Waals surface area (Å²) in [4.78, 5) is 21.7. The minimum atomic E-state index is -1.15. The largest absolute Gasteiger partial charge is 0.480 e. The summed E-state index contributed by atoms with van der Waals surface area (Å²) < 4.78 is 0. The van der Waals surface area contributed by atoms with Gasteiger partial charge >= 0.3 is 12.0 Å². The maximum Gasteiger partial charge on any atom is 0.322 e. The first-order chi connectivity index (χ1) is 8.09. The summed E-state index contributed by atoms with van der Waals surface area (Å²) in [7, 11) is 0. The van der Waals surface area contributed by atoms with E-state index in [2.05, 4.69) is 10.6 Å². The molecule has 6 nitrogen and oxygen atoms in total. The van der Waals surface area contributed by atoms with Crippen LogP contribution in [0.15, 0.2) is 30.3 Å². The first kappa shape index (κ1) is 13.0. The predicted octanol–water partition coefficient (Wildman–Crippen LogP) is -0.102. The van der Waals surface area contributed by atoms with Crippen LogP contribution in [-0.2, 0) is 11.3 Å². The number of carboxylic acid groups (broad SMARTS) is 1. The topological polar surface area (TPSA) is 104 Å². The molecule has 0 spiro atoms. The zero-order chi connectivity index (χ0) is 12.7. The van der Waals surface area contributed by atoms with E-state index in [0.29, 0.717) is 6.54 Å². The van der Waals surface area contributed by atoms with Crippen molar-refractivity contribution in [2.45, 2.75) is 12.6 Å². The minimum Gasteiger partial charge on any atom is -0.480 e. The Bertz CT molecular complexity index is 381. The highest BCUT2D eigenvalue weighted by atomic mass is 16.4. The Morgan fingerprint density at radius 2 is 1.88 bits per heavy atom. The van der Waals surface area contributed by atoms with Crippen LogP contribution in [0.3, 0.4) is 0 Å². The normalized spacial score (nSPS) is 11.6. The number of carbonyl (C=O) groups excluding carboxylic acids is 1. The van der Waals surface area contributed by atoms with E-state index in [0.717, 1.165) is 5.56 Å². The van der Waals surface area contributed by atoms with Gasteiger partial charge in [0.05, 0.1) is 0 Å². The van der Waals surface area contributed by atoms with Crippen molar-refractivity contribution in [3.63, 3.8) is 0 Å². The lowest BCUT2D eigenvalue weighted by Crippen LogP contribution is -2.45. The third kappa shape index (κ3) is 4.98. The van der Waals surface area contributed by atoms with Gasteiger partial charge in [0, 0.05) is 13.1 Å². The zero-order valence-corrected chi connectivity index (χ0v) is 9.22. The number of hydrogen-bond donors (Lipinski definition) is 4. The highest BCUT2D eigenvalue weighted by Gasteiger charge is 2.11. The molecule has 6 heteroatoms. The molecule has 0 fully saturated rings. The van der Waals surface area contributed by atoms with E-state index in [9.17, 15) is 9.59 Å². The van der Waals surface area contributed by atoms with Gasteiger partial charge in [-0.3, -0.25) is 4.79 Å². The molecule has 0 bridgehead atoms. The molecule has 2 amide bonds. The van der Waals surface area contributed by atoms with Gasteiger partial charge in [-0.25, -0.2) is 4.79 Å². The number of amides is 2. The van der Waals surface area contributed by atoms with Crippen LogP contribution in [0.2, 0.25) is 0 Å². The van der Waals surface area contributed by atoms with Crippen LogP contribution in [0.25, 0.3) is 0 Å². The first-order valence-electron chi connectivity index (χ1n) is 5.13. The lowest BCUT2D eigenvalue weighted by molar-refractivity contribution is -0.138. The number of benzene rings is 1. The standard InChI is InChI=1S/C11H15N3O3/c12-9(10(15)16)7-14-11(17)13-6-8-4-2-1-3-5-8/h1-5,9H,6-7,12H2,(H,15,16)(H2,13,14,17)/t9-/m0/s1. The number of nitrogens with one attached hydrogen (secondary N) is 2. The molecule has 0 saturated carbocycles. The van der Waals surface area contributed by atoms with Crippen LogP contribution >= 0.6 is 0 Å². The zero-order valence-electron chi connectivity index (χ0n) is 9.22. The number of nitrogens with two attached hydrogens (primary N) is 1. The summed E-state index contributed by atoms with van der Waals surface area (Å²) in [5.74, 6) is -1.15. The highest BCUT2D eigenvalue weighted by molar-refractivity contribution is 5.77. The number of hydrogen-bond acceptors (Lipinski definition) is 3. The first-order valence-corrected chi connectivity index (χ1v) is 5.13. The summed E-state index contributed by atoms with van der Waals surface area (Å²) in [6.45, 7) is 0.283. The molecule has 1 atom stereocenters. The second kappa shape index (κ2) is 6.49. The van der Waals surface area contributed by atoms with Crippen molar-refractivity contribution >= 4 is 12.0 Å². The van der Waals surface area contributed by atoms with E-state index < -0.39 is 18.0 Å². The molecule has 1 aromatic carbocycles. The van der Waals surface area contributed by atoms with Gasteiger partial charge in [0.1, 0.15) is 6.04 Å². The summed E-state index contributed by atoms with van der Waals surface area (Å²) >= 11 is 0. The maximum absolute atomic E-state index is 11.3. The molecule has 0 aromatic heterocycles. The third-order valence-electron chi connectivity index (χ3n) is 2.10. The van der Waals surface area contributed by atoms with Crippen molar-refractivity contribution in [3.05, 3.63) is 35.9 Å². The summed E-state index contributed by atoms with van der Waals surface area (Å²) in [5, 5.41) is 13.5. The second-order valence-corrected chi connectivity index (χ2v) is 3.49. The van der Waals surface area contributed by atoms with Gasteiger partial charge in [-0.1, -0.05) is 30.3 Å². The quantitative estimate of drug-likeness (QED) is 0.574. The summed E-state index contributed by atoms with van der Waals surface area (Å²) in [6.07, 6.45) is 0. The smallest absolute Gasteiger partial charge is 0.322 e. The molecule has 1 aromatic rings. The van der Waals surface area contributed by atoms with E-state index in [1.807, 2.05) is 30.3 Å². The van der Waals surface area contributed by atoms with E-state index in [-0.39, 0.29) is 6.54 Å². The Kier molecular flexibility index (Phi) is 4.96. The molecule has 0 aliphatic rings. The third-order valence-corrected chi connectivity index (χ3v) is 2.10. The molecular weight excluding hydrogens is 222 g/mol. The second-order valence-electron chi connectivity index (χ2n) is 3.49. The van der Waals surface area contributed by atoms with Gasteiger partial charge in [0.15, 0.2) is 0 Å². The molecule has 0 unspecified atom stereocenters. The van der Waals surface area contributed by atoms with Crippen molar-refractivity contribution in [2.75, 3.05) is 6.54 Å². The monoisotopic (exact) mass is 237 g/mol. The average molecular weight is 237 g/mol. The average Bonchev–Trinajstić information content (AvgIpc) is 2.34. The van der Waals surface area contributed by atoms with Crippen LogP contribution in [0.5, 0.6) is 0 Å². The van der Waals surface area contributed by atoms with Gasteiger partial charge in [-0.15, -0.1) is 0 Å². The van der Waals surface area contributed by atoms with Crippen molar-refractivity contribution < 1.29 is 14.7 Å². The molecule has 0 heterocycles. The Labute approximate surface area is 98.8 Å². The van der Waals surface area contributed by atoms with E-state index in [4.69, 9.17) is 10.8 Å². The van der Waals surface area contributed by atoms with Crippen LogP contribution < -0.4 is 16.4 Å². The molecule has 17 heavy (non-hydrogen) atoms. The summed E-state index contributed by atoms with van der Waals surface area (Å²) in [5.41, 5.74) is 6.19. The molecule has 0 radical (unpaired) electrons. The Morgan fingerprint density at radius 1 is 1.24 bits per heavy atom. The maximum atomic E-state index is 11.3. The van der Waals surface area contributed by atoms with E-state index >= 15 is 0 Å². The van der Waals surface area contributed by atoms with Crippen LogP contribution in [-0.4, -0.2) is 29.7 Å². The number of carbonyl (C=O) groups is 2. The van der Waals surface area contributed by atoms with Crippen LogP contribution in [0.1, 0.15) is 5.56 Å². The van der Waals surface area contributed by atoms with Crippen molar-refractivity contribution in [1.82, 2.24) is 10.6 Å². The van der Waals surface area contributed by atoms with E-state index in [1.54, 1.807) is 0 Å². The van der Waals surface area contributed by atoms with Crippen molar-refractivity contribution in [1.29, 1.82) is 0 Å². The SMILES string of the molecule is N[C@@H](CNC(=O)NCc1ccccc1)C(=O)O. The van der Waals surface area contributed by atoms with Crippen LogP contribution in [0, 0.1) is 0 Å². The predicted molar refractivity (Wildman–Crippen MR) is 62.3 cm³/mol. The Hall–Kier alpha value is -2.08. The van der Waals surface area contributed by atoms with Crippen molar-refractivity contribution in [3.8, 4) is 0 Å². The highest BCUT2D eigenvalue weighted by Crippen LogP contribution is 1.96. The fourth-order valence-electron chi connectivity index (χ4n) is 1.13. The molecule has 0 saturated heterocycles. The number of rotatable bonds is 5. The van der Waals surface area contributed by atoms with Gasteiger partial charge in [0.2, 0.25) is 0 Å². The fourth-order valence-corrected chi connectivity index (χ4v) is 1.13. The van der Waals surface area contributed by atoms with E-state index in [1.165, 1.54) is 0 Å². The minimum absolute atomic E-state index is 0.101. The molecule has 0 aliphatic heterocycles. The molecule has 1 rings (SSSR count). The van der Waals surface area contributed by atoms with Crippen molar-refractivity contribution in [2.24, 2.45) is 5.73 Å². The van der Waals surface area contributed by atoms with Crippen LogP contribution in [0.4, 0.5) is 4.79 Å². The van der Waals surface area contributed by atoms with Gasteiger partial charge < -0.3 is 21.5 Å². The molecule has 92 valence electrons. The lowest BCUT2D eigenvalue weighted by Gasteiger charge is -2.09. The van der Waals surface area contributed by atoms with Gasteiger partial charge in [0.25, 0.3) is 0 Å². The summed E-state index contributed by atoms with van der Waals surface area (Å²) in [6, 6.07) is 7.86. The van der Waals surface area contributed by atoms with Gasteiger partial charge in [-0.05, 0) is 5.56 Å². The number of urea groups is 1. The lowest BCUT2D eigenvalue weighted by atomic mass is 10.2. The number of carboxylic acids is 1. The number of aliphatic carboxylic acids is 1.